The monoisotopic (exact) mass is 271 g/mol. The summed E-state index contributed by atoms with van der Waals surface area (Å²) in [4.78, 5) is 0. The van der Waals surface area contributed by atoms with E-state index in [2.05, 4.69) is 19.2 Å². The first-order valence-corrected chi connectivity index (χ1v) is 6.58. The van der Waals surface area contributed by atoms with Crippen molar-refractivity contribution >= 4 is 11.6 Å². The number of halogens is 1. The molecule has 0 aliphatic rings. The molecular weight excluding hydrogens is 250 g/mol. The van der Waals surface area contributed by atoms with Gasteiger partial charge in [0.2, 0.25) is 0 Å². The van der Waals surface area contributed by atoms with Gasteiger partial charge in [-0.25, -0.2) is 0 Å². The van der Waals surface area contributed by atoms with Crippen molar-refractivity contribution in [1.82, 2.24) is 5.32 Å². The molecule has 0 bridgehead atoms. The standard InChI is InChI=1S/C14H22ClNO2/c1-10(2)16-8-12-7-13(15)5-6-14(12)18-9-11(3)17-4/h5-7,10-11,16H,8-9H2,1-4H3. The number of hydrogen-bond donors (Lipinski definition) is 1. The molecule has 4 heteroatoms. The number of benzene rings is 1. The Bertz CT molecular complexity index is 369. The summed E-state index contributed by atoms with van der Waals surface area (Å²) in [6.45, 7) is 7.47. The molecule has 0 spiro atoms. The Labute approximate surface area is 114 Å². The molecule has 0 fully saturated rings. The molecule has 1 rings (SSSR count). The van der Waals surface area contributed by atoms with E-state index in [4.69, 9.17) is 21.1 Å². The van der Waals surface area contributed by atoms with Gasteiger partial charge in [-0.05, 0) is 25.1 Å². The second-order valence-corrected chi connectivity index (χ2v) is 5.08. The summed E-state index contributed by atoms with van der Waals surface area (Å²) in [6.07, 6.45) is 0.0755. The van der Waals surface area contributed by atoms with Crippen LogP contribution in [0.5, 0.6) is 5.75 Å². The summed E-state index contributed by atoms with van der Waals surface area (Å²) in [5, 5.41) is 4.09. The Morgan fingerprint density at radius 1 is 1.28 bits per heavy atom. The van der Waals surface area contributed by atoms with E-state index in [9.17, 15) is 0 Å². The Morgan fingerprint density at radius 3 is 2.61 bits per heavy atom. The van der Waals surface area contributed by atoms with Gasteiger partial charge < -0.3 is 14.8 Å². The Morgan fingerprint density at radius 2 is 2.00 bits per heavy atom. The maximum Gasteiger partial charge on any atom is 0.124 e. The lowest BCUT2D eigenvalue weighted by molar-refractivity contribution is 0.0712. The van der Waals surface area contributed by atoms with E-state index >= 15 is 0 Å². The molecular formula is C14H22ClNO2. The smallest absolute Gasteiger partial charge is 0.124 e. The third kappa shape index (κ3) is 5.25. The van der Waals surface area contributed by atoms with Crippen LogP contribution in [-0.2, 0) is 11.3 Å². The van der Waals surface area contributed by atoms with Crippen molar-refractivity contribution in [1.29, 1.82) is 0 Å². The van der Waals surface area contributed by atoms with Crippen molar-refractivity contribution in [3.63, 3.8) is 0 Å². The molecule has 1 N–H and O–H groups in total. The maximum absolute atomic E-state index is 6.01. The van der Waals surface area contributed by atoms with Gasteiger partial charge in [-0.3, -0.25) is 0 Å². The first kappa shape index (κ1) is 15.3. The number of rotatable bonds is 7. The average molecular weight is 272 g/mol. The van der Waals surface area contributed by atoms with Crippen LogP contribution in [0.15, 0.2) is 18.2 Å². The second-order valence-electron chi connectivity index (χ2n) is 4.64. The molecule has 0 saturated carbocycles. The third-order valence-electron chi connectivity index (χ3n) is 2.60. The summed E-state index contributed by atoms with van der Waals surface area (Å²) in [7, 11) is 1.68. The summed E-state index contributed by atoms with van der Waals surface area (Å²) in [6, 6.07) is 6.11. The molecule has 3 nitrogen and oxygen atoms in total. The van der Waals surface area contributed by atoms with Crippen LogP contribution >= 0.6 is 11.6 Å². The van der Waals surface area contributed by atoms with Gasteiger partial charge in [0.15, 0.2) is 0 Å². The summed E-state index contributed by atoms with van der Waals surface area (Å²) in [5.74, 6) is 0.858. The lowest BCUT2D eigenvalue weighted by Gasteiger charge is -2.16. The van der Waals surface area contributed by atoms with Crippen LogP contribution in [0.2, 0.25) is 5.02 Å². The molecule has 0 amide bonds. The topological polar surface area (TPSA) is 30.5 Å². The van der Waals surface area contributed by atoms with Gasteiger partial charge in [-0.1, -0.05) is 25.4 Å². The zero-order chi connectivity index (χ0) is 13.5. The molecule has 0 aliphatic heterocycles. The van der Waals surface area contributed by atoms with Crippen molar-refractivity contribution in [2.75, 3.05) is 13.7 Å². The molecule has 0 heterocycles. The van der Waals surface area contributed by atoms with Gasteiger partial charge in [0.05, 0.1) is 6.10 Å². The molecule has 0 aliphatic carbocycles. The van der Waals surface area contributed by atoms with Crippen LogP contribution in [0, 0.1) is 0 Å². The first-order valence-electron chi connectivity index (χ1n) is 6.20. The van der Waals surface area contributed by atoms with E-state index in [-0.39, 0.29) is 6.10 Å². The van der Waals surface area contributed by atoms with Gasteiger partial charge in [-0.15, -0.1) is 0 Å². The van der Waals surface area contributed by atoms with Gasteiger partial charge in [0, 0.05) is 30.3 Å². The highest BCUT2D eigenvalue weighted by atomic mass is 35.5. The van der Waals surface area contributed by atoms with Crippen LogP contribution < -0.4 is 10.1 Å². The van der Waals surface area contributed by atoms with E-state index in [1.165, 1.54) is 0 Å². The Hall–Kier alpha value is -0.770. The van der Waals surface area contributed by atoms with Crippen molar-refractivity contribution in [3.05, 3.63) is 28.8 Å². The molecule has 1 aromatic rings. The fourth-order valence-corrected chi connectivity index (χ4v) is 1.61. The average Bonchev–Trinajstić information content (AvgIpc) is 2.34. The minimum Gasteiger partial charge on any atom is -0.491 e. The SMILES string of the molecule is COC(C)COc1ccc(Cl)cc1CNC(C)C. The van der Waals surface area contributed by atoms with Crippen molar-refractivity contribution in [3.8, 4) is 5.75 Å². The fourth-order valence-electron chi connectivity index (χ4n) is 1.42. The van der Waals surface area contributed by atoms with Crippen molar-refractivity contribution in [2.24, 2.45) is 0 Å². The highest BCUT2D eigenvalue weighted by Gasteiger charge is 2.07. The van der Waals surface area contributed by atoms with E-state index in [1.807, 2.05) is 25.1 Å². The quantitative estimate of drug-likeness (QED) is 0.826. The van der Waals surface area contributed by atoms with Crippen molar-refractivity contribution < 1.29 is 9.47 Å². The van der Waals surface area contributed by atoms with Gasteiger partial charge in [0.1, 0.15) is 12.4 Å². The molecule has 0 radical (unpaired) electrons. The molecule has 0 saturated heterocycles. The van der Waals surface area contributed by atoms with E-state index in [0.717, 1.165) is 22.9 Å². The van der Waals surface area contributed by atoms with Gasteiger partial charge >= 0.3 is 0 Å². The van der Waals surface area contributed by atoms with E-state index < -0.39 is 0 Å². The van der Waals surface area contributed by atoms with Crippen LogP contribution in [0.25, 0.3) is 0 Å². The predicted octanol–water partition coefficient (Wildman–Crippen LogP) is 3.25. The molecule has 102 valence electrons. The molecule has 1 aromatic carbocycles. The van der Waals surface area contributed by atoms with E-state index in [1.54, 1.807) is 7.11 Å². The minimum absolute atomic E-state index is 0.0755. The van der Waals surface area contributed by atoms with Crippen LogP contribution in [0.1, 0.15) is 26.3 Å². The molecule has 1 atom stereocenters. The molecule has 1 unspecified atom stereocenters. The molecule has 18 heavy (non-hydrogen) atoms. The Balaban J connectivity index is 2.69. The van der Waals surface area contributed by atoms with Crippen LogP contribution in [-0.4, -0.2) is 25.9 Å². The Kier molecular flexibility index (Phi) is 6.47. The van der Waals surface area contributed by atoms with Gasteiger partial charge in [-0.2, -0.15) is 0 Å². The first-order chi connectivity index (χ1) is 8.52. The number of methoxy groups -OCH3 is 1. The second kappa shape index (κ2) is 7.62. The number of ether oxygens (including phenoxy) is 2. The number of hydrogen-bond acceptors (Lipinski definition) is 3. The summed E-state index contributed by atoms with van der Waals surface area (Å²) < 4.78 is 10.9. The zero-order valence-electron chi connectivity index (χ0n) is 11.5. The largest absolute Gasteiger partial charge is 0.491 e. The fraction of sp³-hybridized carbons (Fsp3) is 0.571. The highest BCUT2D eigenvalue weighted by Crippen LogP contribution is 2.23. The normalized spacial score (nSPS) is 12.8. The van der Waals surface area contributed by atoms with Crippen molar-refractivity contribution in [2.45, 2.75) is 39.5 Å². The minimum atomic E-state index is 0.0755. The number of nitrogens with one attached hydrogen (secondary N) is 1. The van der Waals surface area contributed by atoms with E-state index in [0.29, 0.717) is 12.6 Å². The summed E-state index contributed by atoms with van der Waals surface area (Å²) in [5.41, 5.74) is 1.07. The van der Waals surface area contributed by atoms with Crippen LogP contribution in [0.3, 0.4) is 0 Å². The molecule has 0 aromatic heterocycles. The summed E-state index contributed by atoms with van der Waals surface area (Å²) >= 11 is 6.01. The maximum atomic E-state index is 6.01. The lowest BCUT2D eigenvalue weighted by atomic mass is 10.2. The third-order valence-corrected chi connectivity index (χ3v) is 2.83. The predicted molar refractivity (Wildman–Crippen MR) is 75.4 cm³/mol. The van der Waals surface area contributed by atoms with Crippen LogP contribution in [0.4, 0.5) is 0 Å². The zero-order valence-corrected chi connectivity index (χ0v) is 12.3. The lowest BCUT2D eigenvalue weighted by Crippen LogP contribution is -2.23. The highest BCUT2D eigenvalue weighted by molar-refractivity contribution is 6.30. The van der Waals surface area contributed by atoms with Gasteiger partial charge in [0.25, 0.3) is 0 Å².